The molecule has 5 N–H and O–H groups in total. The Morgan fingerprint density at radius 1 is 1.30 bits per heavy atom. The Hall–Kier alpha value is -1.31. The van der Waals surface area contributed by atoms with Crippen molar-refractivity contribution in [2.75, 3.05) is 23.8 Å². The maximum atomic E-state index is 11.8. The summed E-state index contributed by atoms with van der Waals surface area (Å²) in [6.07, 6.45) is 3.91. The maximum Gasteiger partial charge on any atom is 0.240 e. The third-order valence-electron chi connectivity index (χ3n) is 3.69. The van der Waals surface area contributed by atoms with Crippen LogP contribution in [0.15, 0.2) is 23.1 Å². The van der Waals surface area contributed by atoms with Gasteiger partial charge in [0.2, 0.25) is 10.0 Å². The quantitative estimate of drug-likeness (QED) is 0.710. The molecule has 20 heavy (non-hydrogen) atoms. The molecule has 0 spiro atoms. The Bertz CT molecular complexity index is 574. The van der Waals surface area contributed by atoms with Gasteiger partial charge in [-0.1, -0.05) is 12.8 Å². The van der Waals surface area contributed by atoms with Crippen molar-refractivity contribution < 1.29 is 13.5 Å². The van der Waals surface area contributed by atoms with E-state index in [1.165, 1.54) is 6.07 Å². The topological polar surface area (TPSA) is 110 Å². The summed E-state index contributed by atoms with van der Waals surface area (Å²) in [5.41, 5.74) is 6.55. The highest BCUT2D eigenvalue weighted by molar-refractivity contribution is 7.89. The van der Waals surface area contributed by atoms with E-state index in [2.05, 4.69) is 0 Å². The number of primary sulfonamides is 1. The number of nitrogen functional groups attached to an aromatic ring is 1. The average Bonchev–Trinajstić information content (AvgIpc) is 2.62. The maximum absolute atomic E-state index is 11.8. The fraction of sp³-hybridized carbons (Fsp3) is 0.538. The van der Waals surface area contributed by atoms with Gasteiger partial charge in [0.15, 0.2) is 0 Å². The van der Waals surface area contributed by atoms with Gasteiger partial charge in [0, 0.05) is 12.2 Å². The van der Waals surface area contributed by atoms with E-state index in [-0.39, 0.29) is 17.5 Å². The molecule has 1 atom stereocenters. The largest absolute Gasteiger partial charge is 0.399 e. The van der Waals surface area contributed by atoms with E-state index in [0.29, 0.717) is 17.9 Å². The van der Waals surface area contributed by atoms with Crippen molar-refractivity contribution >= 4 is 21.4 Å². The van der Waals surface area contributed by atoms with Crippen LogP contribution < -0.4 is 15.8 Å². The number of sulfonamides is 1. The van der Waals surface area contributed by atoms with Gasteiger partial charge in [-0.05, 0) is 31.0 Å². The lowest BCUT2D eigenvalue weighted by Gasteiger charge is -2.32. The van der Waals surface area contributed by atoms with Crippen LogP contribution in [0.1, 0.15) is 25.7 Å². The van der Waals surface area contributed by atoms with Crippen LogP contribution in [0.25, 0.3) is 0 Å². The number of hydrogen-bond donors (Lipinski definition) is 3. The van der Waals surface area contributed by atoms with Crippen molar-refractivity contribution in [3.63, 3.8) is 0 Å². The number of anilines is 2. The molecular formula is C13H21N3O3S. The predicted octanol–water partition coefficient (Wildman–Crippen LogP) is 0.658. The lowest BCUT2D eigenvalue weighted by Crippen LogP contribution is -2.38. The molecule has 1 heterocycles. The van der Waals surface area contributed by atoms with Crippen LogP contribution in [0.2, 0.25) is 0 Å². The van der Waals surface area contributed by atoms with Crippen LogP contribution in [0.3, 0.4) is 0 Å². The van der Waals surface area contributed by atoms with Crippen LogP contribution in [-0.2, 0) is 10.0 Å². The monoisotopic (exact) mass is 299 g/mol. The Balaban J connectivity index is 2.49. The summed E-state index contributed by atoms with van der Waals surface area (Å²) in [6, 6.07) is 4.62. The highest BCUT2D eigenvalue weighted by atomic mass is 32.2. The molecule has 0 saturated carbocycles. The third-order valence-corrected chi connectivity index (χ3v) is 4.63. The van der Waals surface area contributed by atoms with E-state index in [9.17, 15) is 13.5 Å². The molecule has 1 unspecified atom stereocenters. The first-order valence-electron chi connectivity index (χ1n) is 6.73. The lowest BCUT2D eigenvalue weighted by molar-refractivity contribution is 0.255. The lowest BCUT2D eigenvalue weighted by atomic mass is 10.1. The van der Waals surface area contributed by atoms with Crippen molar-refractivity contribution in [1.82, 2.24) is 0 Å². The molecular weight excluding hydrogens is 278 g/mol. The smallest absolute Gasteiger partial charge is 0.240 e. The summed E-state index contributed by atoms with van der Waals surface area (Å²) in [4.78, 5) is 1.96. The highest BCUT2D eigenvalue weighted by Gasteiger charge is 2.25. The van der Waals surface area contributed by atoms with Gasteiger partial charge in [-0.25, -0.2) is 13.6 Å². The molecule has 1 aliphatic rings. The fourth-order valence-electron chi connectivity index (χ4n) is 2.68. The van der Waals surface area contributed by atoms with Crippen LogP contribution in [-0.4, -0.2) is 32.7 Å². The summed E-state index contributed by atoms with van der Waals surface area (Å²) in [5.74, 6) is 0. The van der Waals surface area contributed by atoms with Gasteiger partial charge < -0.3 is 15.7 Å². The second-order valence-corrected chi connectivity index (χ2v) is 6.68. The number of nitrogens with two attached hydrogens (primary N) is 2. The Kier molecular flexibility index (Phi) is 4.52. The SMILES string of the molecule is Nc1ccc(N2CCCCCC2CO)c(S(N)(=O)=O)c1. The summed E-state index contributed by atoms with van der Waals surface area (Å²) in [6.45, 7) is 0.700. The molecule has 1 fully saturated rings. The fourth-order valence-corrected chi connectivity index (χ4v) is 3.46. The van der Waals surface area contributed by atoms with Gasteiger partial charge in [0.05, 0.1) is 18.3 Å². The number of nitrogens with zero attached hydrogens (tertiary/aromatic N) is 1. The molecule has 0 amide bonds. The molecule has 0 bridgehead atoms. The molecule has 1 saturated heterocycles. The van der Waals surface area contributed by atoms with E-state index in [4.69, 9.17) is 10.9 Å². The first-order chi connectivity index (χ1) is 9.43. The van der Waals surface area contributed by atoms with E-state index < -0.39 is 10.0 Å². The number of aliphatic hydroxyl groups excluding tert-OH is 1. The van der Waals surface area contributed by atoms with Crippen molar-refractivity contribution in [2.24, 2.45) is 5.14 Å². The second-order valence-electron chi connectivity index (χ2n) is 5.15. The Morgan fingerprint density at radius 3 is 2.70 bits per heavy atom. The van der Waals surface area contributed by atoms with Crippen LogP contribution >= 0.6 is 0 Å². The molecule has 112 valence electrons. The van der Waals surface area contributed by atoms with Crippen LogP contribution in [0.5, 0.6) is 0 Å². The molecule has 0 aromatic heterocycles. The van der Waals surface area contributed by atoms with E-state index >= 15 is 0 Å². The van der Waals surface area contributed by atoms with Gasteiger partial charge in [-0.2, -0.15) is 0 Å². The molecule has 0 radical (unpaired) electrons. The second kappa shape index (κ2) is 5.99. The Labute approximate surface area is 119 Å². The molecule has 0 aliphatic carbocycles. The number of rotatable bonds is 3. The van der Waals surface area contributed by atoms with Gasteiger partial charge in [0.1, 0.15) is 4.90 Å². The normalized spacial score (nSPS) is 20.7. The van der Waals surface area contributed by atoms with Crippen molar-refractivity contribution in [3.05, 3.63) is 18.2 Å². The minimum atomic E-state index is -3.85. The summed E-state index contributed by atoms with van der Waals surface area (Å²) >= 11 is 0. The minimum absolute atomic E-state index is 0.00552. The van der Waals surface area contributed by atoms with E-state index in [1.807, 2.05) is 4.90 Å². The summed E-state index contributed by atoms with van der Waals surface area (Å²) in [5, 5.41) is 14.8. The summed E-state index contributed by atoms with van der Waals surface area (Å²) in [7, 11) is -3.85. The number of hydrogen-bond acceptors (Lipinski definition) is 5. The van der Waals surface area contributed by atoms with Crippen LogP contribution in [0.4, 0.5) is 11.4 Å². The first-order valence-corrected chi connectivity index (χ1v) is 8.28. The highest BCUT2D eigenvalue weighted by Crippen LogP contribution is 2.31. The van der Waals surface area contributed by atoms with Gasteiger partial charge in [-0.15, -0.1) is 0 Å². The zero-order chi connectivity index (χ0) is 14.8. The van der Waals surface area contributed by atoms with Crippen LogP contribution in [0, 0.1) is 0 Å². The number of aliphatic hydroxyl groups is 1. The molecule has 2 rings (SSSR count). The van der Waals surface area contributed by atoms with Gasteiger partial charge in [-0.3, -0.25) is 0 Å². The first kappa shape index (κ1) is 15.1. The minimum Gasteiger partial charge on any atom is -0.399 e. The molecule has 7 heteroatoms. The van der Waals surface area contributed by atoms with Gasteiger partial charge in [0.25, 0.3) is 0 Å². The van der Waals surface area contributed by atoms with Crippen molar-refractivity contribution in [2.45, 2.75) is 36.6 Å². The van der Waals surface area contributed by atoms with E-state index in [1.54, 1.807) is 12.1 Å². The van der Waals surface area contributed by atoms with E-state index in [0.717, 1.165) is 25.7 Å². The summed E-state index contributed by atoms with van der Waals surface area (Å²) < 4.78 is 23.5. The van der Waals surface area contributed by atoms with Crippen molar-refractivity contribution in [1.29, 1.82) is 0 Å². The molecule has 6 nitrogen and oxygen atoms in total. The Morgan fingerprint density at radius 2 is 2.05 bits per heavy atom. The zero-order valence-electron chi connectivity index (χ0n) is 11.3. The number of benzene rings is 1. The van der Waals surface area contributed by atoms with Gasteiger partial charge >= 0.3 is 0 Å². The third kappa shape index (κ3) is 3.23. The zero-order valence-corrected chi connectivity index (χ0v) is 12.1. The molecule has 1 aromatic carbocycles. The predicted molar refractivity (Wildman–Crippen MR) is 78.9 cm³/mol. The standard InChI is InChI=1S/C13H21N3O3S/c14-10-5-6-12(13(8-10)20(15,18)19)16-7-3-1-2-4-11(16)9-17/h5-6,8,11,17H,1-4,7,9,14H2,(H2,15,18,19). The average molecular weight is 299 g/mol. The van der Waals surface area contributed by atoms with Crippen molar-refractivity contribution in [3.8, 4) is 0 Å². The molecule has 1 aromatic rings. The molecule has 1 aliphatic heterocycles.